The Morgan fingerprint density at radius 1 is 1.17 bits per heavy atom. The third kappa shape index (κ3) is 2.41. The predicted octanol–water partition coefficient (Wildman–Crippen LogP) is 2.74. The summed E-state index contributed by atoms with van der Waals surface area (Å²) in [4.78, 5) is 19.9. The van der Waals surface area contributed by atoms with Gasteiger partial charge in [0.25, 0.3) is 5.91 Å². The van der Waals surface area contributed by atoms with Crippen molar-refractivity contribution >= 4 is 16.8 Å². The minimum absolute atomic E-state index is 0.155. The van der Waals surface area contributed by atoms with Gasteiger partial charge >= 0.3 is 0 Å². The van der Waals surface area contributed by atoms with Crippen LogP contribution in [0.15, 0.2) is 18.2 Å². The summed E-state index contributed by atoms with van der Waals surface area (Å²) in [6.07, 6.45) is 2.37. The van der Waals surface area contributed by atoms with Crippen molar-refractivity contribution in [3.05, 3.63) is 40.6 Å². The number of benzene rings is 1. The van der Waals surface area contributed by atoms with Crippen LogP contribution < -0.4 is 5.32 Å². The van der Waals surface area contributed by atoms with Crippen molar-refractivity contribution in [1.82, 2.24) is 15.2 Å². The fourth-order valence-corrected chi connectivity index (χ4v) is 3.97. The van der Waals surface area contributed by atoms with Gasteiger partial charge in [0.05, 0.1) is 11.1 Å². The molecule has 2 aromatic rings. The van der Waals surface area contributed by atoms with E-state index in [1.54, 1.807) is 0 Å². The lowest BCUT2D eigenvalue weighted by Gasteiger charge is -2.33. The average molecular weight is 309 g/mol. The average Bonchev–Trinajstić information content (AvgIpc) is 2.88. The number of rotatable bonds is 1. The summed E-state index contributed by atoms with van der Waals surface area (Å²) in [6, 6.07) is 7.02. The Kier molecular flexibility index (Phi) is 3.38. The number of nitrogens with one attached hydrogen (secondary N) is 1. The predicted molar refractivity (Wildman–Crippen MR) is 91.8 cm³/mol. The highest BCUT2D eigenvalue weighted by Gasteiger charge is 2.35. The summed E-state index contributed by atoms with van der Waals surface area (Å²) in [6.45, 7) is 7.79. The number of fused-ring (bicyclic) bond motifs is 3. The number of aryl methyl sites for hydroxylation is 3. The van der Waals surface area contributed by atoms with Gasteiger partial charge in [0.2, 0.25) is 0 Å². The monoisotopic (exact) mass is 309 g/mol. The molecule has 1 amide bonds. The van der Waals surface area contributed by atoms with Crippen molar-refractivity contribution < 1.29 is 4.79 Å². The molecule has 2 aliphatic heterocycles. The quantitative estimate of drug-likeness (QED) is 0.881. The molecule has 120 valence electrons. The number of likely N-dealkylation sites (tertiary alicyclic amines) is 1. The van der Waals surface area contributed by atoms with Crippen molar-refractivity contribution in [3.63, 3.8) is 0 Å². The van der Waals surface area contributed by atoms with Gasteiger partial charge in [0.1, 0.15) is 0 Å². The topological polar surface area (TPSA) is 45.2 Å². The zero-order chi connectivity index (χ0) is 16.1. The lowest BCUT2D eigenvalue weighted by atomic mass is 10.00. The highest BCUT2D eigenvalue weighted by atomic mass is 16.2. The zero-order valence-electron chi connectivity index (χ0n) is 14.0. The molecule has 0 saturated carbocycles. The molecule has 2 atom stereocenters. The molecule has 0 aliphatic carbocycles. The first-order valence-electron chi connectivity index (χ1n) is 8.46. The van der Waals surface area contributed by atoms with E-state index in [2.05, 4.69) is 30.2 Å². The summed E-state index contributed by atoms with van der Waals surface area (Å²) in [5.41, 5.74) is 5.06. The molecule has 23 heavy (non-hydrogen) atoms. The number of pyridine rings is 1. The van der Waals surface area contributed by atoms with Gasteiger partial charge in [0, 0.05) is 36.3 Å². The van der Waals surface area contributed by atoms with E-state index in [4.69, 9.17) is 0 Å². The van der Waals surface area contributed by atoms with Gasteiger partial charge in [0.15, 0.2) is 0 Å². The molecule has 4 heteroatoms. The van der Waals surface area contributed by atoms with Crippen LogP contribution in [0.1, 0.15) is 40.0 Å². The minimum atomic E-state index is 0.155. The lowest BCUT2D eigenvalue weighted by molar-refractivity contribution is 0.0699. The van der Waals surface area contributed by atoms with Gasteiger partial charge < -0.3 is 10.2 Å². The van der Waals surface area contributed by atoms with Crippen molar-refractivity contribution in [1.29, 1.82) is 0 Å². The number of hydrogen-bond donors (Lipinski definition) is 1. The highest BCUT2D eigenvalue weighted by Crippen LogP contribution is 2.27. The first-order chi connectivity index (χ1) is 11.0. The number of hydrogen-bond acceptors (Lipinski definition) is 3. The van der Waals surface area contributed by atoms with E-state index in [9.17, 15) is 4.79 Å². The van der Waals surface area contributed by atoms with Crippen LogP contribution in [0.25, 0.3) is 10.9 Å². The molecule has 4 nitrogen and oxygen atoms in total. The molecule has 2 fully saturated rings. The lowest BCUT2D eigenvalue weighted by Crippen LogP contribution is -2.53. The molecule has 1 aromatic carbocycles. The Bertz CT molecular complexity index is 787. The van der Waals surface area contributed by atoms with Crippen LogP contribution in [0.3, 0.4) is 0 Å². The van der Waals surface area contributed by atoms with E-state index in [0.29, 0.717) is 12.1 Å². The Balaban J connectivity index is 1.79. The van der Waals surface area contributed by atoms with E-state index in [1.165, 1.54) is 24.0 Å². The second-order valence-electron chi connectivity index (χ2n) is 7.06. The van der Waals surface area contributed by atoms with Crippen molar-refractivity contribution in [2.45, 2.75) is 45.7 Å². The first kappa shape index (κ1) is 14.6. The molecule has 2 bridgehead atoms. The van der Waals surface area contributed by atoms with E-state index >= 15 is 0 Å². The number of carbonyl (C=O) groups is 1. The molecule has 0 radical (unpaired) electrons. The molecule has 0 spiro atoms. The number of piperazine rings is 1. The Morgan fingerprint density at radius 3 is 2.57 bits per heavy atom. The number of carbonyl (C=O) groups excluding carboxylic acids is 1. The molecule has 2 aliphatic rings. The molecule has 1 N–H and O–H groups in total. The van der Waals surface area contributed by atoms with Crippen LogP contribution in [0.4, 0.5) is 0 Å². The van der Waals surface area contributed by atoms with E-state index in [0.717, 1.165) is 35.2 Å². The second kappa shape index (κ2) is 5.31. The van der Waals surface area contributed by atoms with Crippen LogP contribution in [-0.2, 0) is 0 Å². The van der Waals surface area contributed by atoms with E-state index in [1.807, 2.05) is 24.0 Å². The number of nitrogens with zero attached hydrogens (tertiary/aromatic N) is 2. The fraction of sp³-hybridized carbons (Fsp3) is 0.474. The molecule has 1 aromatic heterocycles. The molecule has 3 heterocycles. The SMILES string of the molecule is Cc1cc(C(=O)N2C[C@H]3CC[C@@H](C2)N3)c2ccc(C)c(C)c2n1. The van der Waals surface area contributed by atoms with E-state index < -0.39 is 0 Å². The van der Waals surface area contributed by atoms with Crippen LogP contribution in [0.5, 0.6) is 0 Å². The summed E-state index contributed by atoms with van der Waals surface area (Å²) in [5.74, 6) is 0.155. The van der Waals surface area contributed by atoms with Gasteiger partial charge in [-0.15, -0.1) is 0 Å². The Labute approximate surface area is 136 Å². The molecule has 0 unspecified atom stereocenters. The molecule has 4 rings (SSSR count). The summed E-state index contributed by atoms with van der Waals surface area (Å²) >= 11 is 0. The maximum absolute atomic E-state index is 13.2. The van der Waals surface area contributed by atoms with Gasteiger partial charge in [-0.05, 0) is 50.8 Å². The molecular weight excluding hydrogens is 286 g/mol. The molecular formula is C19H23N3O. The van der Waals surface area contributed by atoms with Crippen LogP contribution >= 0.6 is 0 Å². The molecule has 2 saturated heterocycles. The van der Waals surface area contributed by atoms with Crippen molar-refractivity contribution in [2.24, 2.45) is 0 Å². The largest absolute Gasteiger partial charge is 0.336 e. The number of aromatic nitrogens is 1. The minimum Gasteiger partial charge on any atom is -0.336 e. The normalized spacial score (nSPS) is 23.5. The highest BCUT2D eigenvalue weighted by molar-refractivity contribution is 6.07. The second-order valence-corrected chi connectivity index (χ2v) is 7.06. The van der Waals surface area contributed by atoms with Gasteiger partial charge in [-0.2, -0.15) is 0 Å². The van der Waals surface area contributed by atoms with Gasteiger partial charge in [-0.1, -0.05) is 12.1 Å². The Morgan fingerprint density at radius 2 is 1.87 bits per heavy atom. The summed E-state index contributed by atoms with van der Waals surface area (Å²) in [7, 11) is 0. The van der Waals surface area contributed by atoms with Crippen LogP contribution in [0, 0.1) is 20.8 Å². The van der Waals surface area contributed by atoms with Gasteiger partial charge in [-0.3, -0.25) is 9.78 Å². The smallest absolute Gasteiger partial charge is 0.254 e. The summed E-state index contributed by atoms with van der Waals surface area (Å²) in [5, 5.41) is 4.57. The first-order valence-corrected chi connectivity index (χ1v) is 8.46. The van der Waals surface area contributed by atoms with Crippen LogP contribution in [0.2, 0.25) is 0 Å². The maximum Gasteiger partial charge on any atom is 0.254 e. The van der Waals surface area contributed by atoms with Crippen molar-refractivity contribution in [3.8, 4) is 0 Å². The zero-order valence-corrected chi connectivity index (χ0v) is 14.0. The van der Waals surface area contributed by atoms with Gasteiger partial charge in [-0.25, -0.2) is 0 Å². The fourth-order valence-electron chi connectivity index (χ4n) is 3.97. The third-order valence-corrected chi connectivity index (χ3v) is 5.37. The van der Waals surface area contributed by atoms with Crippen LogP contribution in [-0.4, -0.2) is 41.0 Å². The standard InChI is InChI=1S/C19H23N3O/c1-11-4-7-16-17(8-12(2)20-18(16)13(11)3)19(23)22-9-14-5-6-15(10-22)21-14/h4,7-8,14-15,21H,5-6,9-10H2,1-3H3/t14-,15+. The Hall–Kier alpha value is -1.94. The summed E-state index contributed by atoms with van der Waals surface area (Å²) < 4.78 is 0. The van der Waals surface area contributed by atoms with Crippen molar-refractivity contribution in [2.75, 3.05) is 13.1 Å². The number of amides is 1. The van der Waals surface area contributed by atoms with E-state index in [-0.39, 0.29) is 5.91 Å². The third-order valence-electron chi connectivity index (χ3n) is 5.37. The maximum atomic E-state index is 13.2.